The molecule has 0 saturated carbocycles. The number of β-amino-alcohol motifs (C(OH)–C–C–N with tert-alkyl or cyclic N) is 1. The molecular formula is C21H27ClN2O4S. The van der Waals surface area contributed by atoms with E-state index in [1.165, 1.54) is 16.9 Å². The smallest absolute Gasteiger partial charge is 0.231 e. The van der Waals surface area contributed by atoms with E-state index in [9.17, 15) is 13.5 Å². The molecule has 29 heavy (non-hydrogen) atoms. The first-order valence-corrected chi connectivity index (χ1v) is 11.8. The molecule has 1 fully saturated rings. The SMILES string of the molecule is CN(c1ccc(OC[C@H](O)CN2CCC(c3cccc(Cl)c3)C2)cc1)S(C)(=O)=O. The van der Waals surface area contributed by atoms with Crippen LogP contribution < -0.4 is 9.04 Å². The standard InChI is InChI=1S/C21H27ClN2O4S/c1-23(29(2,26)27)19-6-8-21(9-7-19)28-15-20(25)14-24-11-10-17(13-24)16-4-3-5-18(22)12-16/h3-9,12,17,20,25H,10-11,13-15H2,1-2H3/t17?,20-/m1/s1. The summed E-state index contributed by atoms with van der Waals surface area (Å²) in [7, 11) is -1.79. The Morgan fingerprint density at radius 3 is 2.66 bits per heavy atom. The van der Waals surface area contributed by atoms with Gasteiger partial charge >= 0.3 is 0 Å². The molecule has 8 heteroatoms. The van der Waals surface area contributed by atoms with Gasteiger partial charge in [0.05, 0.1) is 11.9 Å². The van der Waals surface area contributed by atoms with Crippen molar-refractivity contribution < 1.29 is 18.3 Å². The van der Waals surface area contributed by atoms with Gasteiger partial charge in [-0.2, -0.15) is 0 Å². The normalized spacial score (nSPS) is 18.6. The van der Waals surface area contributed by atoms with Gasteiger partial charge in [-0.1, -0.05) is 23.7 Å². The van der Waals surface area contributed by atoms with E-state index in [1.54, 1.807) is 24.3 Å². The second-order valence-corrected chi connectivity index (χ2v) is 9.94. The van der Waals surface area contributed by atoms with Crippen LogP contribution in [0.15, 0.2) is 48.5 Å². The average molecular weight is 439 g/mol. The van der Waals surface area contributed by atoms with Crippen molar-refractivity contribution in [2.45, 2.75) is 18.4 Å². The third-order valence-electron chi connectivity index (χ3n) is 5.20. The number of benzene rings is 2. The van der Waals surface area contributed by atoms with Crippen molar-refractivity contribution in [3.63, 3.8) is 0 Å². The lowest BCUT2D eigenvalue weighted by Crippen LogP contribution is -2.34. The van der Waals surface area contributed by atoms with Crippen LogP contribution in [-0.2, 0) is 10.0 Å². The summed E-state index contributed by atoms with van der Waals surface area (Å²) in [6.45, 7) is 2.55. The number of aliphatic hydroxyl groups is 1. The molecule has 1 aliphatic rings. The van der Waals surface area contributed by atoms with Crippen molar-refractivity contribution in [1.29, 1.82) is 0 Å². The van der Waals surface area contributed by atoms with Crippen LogP contribution in [0, 0.1) is 0 Å². The molecule has 1 saturated heterocycles. The highest BCUT2D eigenvalue weighted by molar-refractivity contribution is 7.92. The maximum absolute atomic E-state index is 11.6. The summed E-state index contributed by atoms with van der Waals surface area (Å²) >= 11 is 6.09. The van der Waals surface area contributed by atoms with Gasteiger partial charge in [0.1, 0.15) is 18.5 Å². The van der Waals surface area contributed by atoms with Crippen molar-refractivity contribution in [2.75, 3.05) is 43.8 Å². The lowest BCUT2D eigenvalue weighted by Gasteiger charge is -2.21. The lowest BCUT2D eigenvalue weighted by molar-refractivity contribution is 0.0754. The van der Waals surface area contributed by atoms with Gasteiger partial charge in [0.15, 0.2) is 0 Å². The number of rotatable bonds is 8. The Balaban J connectivity index is 1.46. The van der Waals surface area contributed by atoms with Crippen molar-refractivity contribution in [3.8, 4) is 5.75 Å². The third-order valence-corrected chi connectivity index (χ3v) is 6.64. The Labute approximate surface area is 177 Å². The minimum Gasteiger partial charge on any atom is -0.491 e. The van der Waals surface area contributed by atoms with E-state index < -0.39 is 16.1 Å². The maximum Gasteiger partial charge on any atom is 0.231 e. The number of anilines is 1. The van der Waals surface area contributed by atoms with E-state index in [-0.39, 0.29) is 6.61 Å². The predicted octanol–water partition coefficient (Wildman–Crippen LogP) is 2.97. The first-order valence-electron chi connectivity index (χ1n) is 9.55. The zero-order valence-electron chi connectivity index (χ0n) is 16.7. The van der Waals surface area contributed by atoms with Crippen LogP contribution in [0.3, 0.4) is 0 Å². The zero-order chi connectivity index (χ0) is 21.0. The molecule has 3 rings (SSSR count). The molecule has 0 radical (unpaired) electrons. The second-order valence-electron chi connectivity index (χ2n) is 7.49. The number of hydrogen-bond donors (Lipinski definition) is 1. The fourth-order valence-electron chi connectivity index (χ4n) is 3.52. The Hall–Kier alpha value is -1.80. The highest BCUT2D eigenvalue weighted by Gasteiger charge is 2.25. The molecule has 1 N–H and O–H groups in total. The first kappa shape index (κ1) is 21.9. The number of ether oxygens (including phenoxy) is 1. The van der Waals surface area contributed by atoms with Crippen molar-refractivity contribution in [3.05, 3.63) is 59.1 Å². The van der Waals surface area contributed by atoms with E-state index >= 15 is 0 Å². The summed E-state index contributed by atoms with van der Waals surface area (Å²) in [5.41, 5.74) is 1.80. The molecule has 2 atom stereocenters. The molecule has 2 aromatic carbocycles. The molecule has 0 aliphatic carbocycles. The average Bonchev–Trinajstić information content (AvgIpc) is 3.14. The number of sulfonamides is 1. The number of halogens is 1. The topological polar surface area (TPSA) is 70.1 Å². The van der Waals surface area contributed by atoms with Crippen molar-refractivity contribution in [2.24, 2.45) is 0 Å². The van der Waals surface area contributed by atoms with Gasteiger partial charge in [-0.15, -0.1) is 0 Å². The monoisotopic (exact) mass is 438 g/mol. The molecule has 0 bridgehead atoms. The maximum atomic E-state index is 11.6. The van der Waals surface area contributed by atoms with Gasteiger partial charge in [0.2, 0.25) is 10.0 Å². The van der Waals surface area contributed by atoms with Gasteiger partial charge < -0.3 is 14.7 Å². The minimum atomic E-state index is -3.30. The van der Waals surface area contributed by atoms with E-state index in [4.69, 9.17) is 16.3 Å². The molecule has 158 valence electrons. The molecule has 1 aliphatic heterocycles. The van der Waals surface area contributed by atoms with Crippen LogP contribution in [0.2, 0.25) is 5.02 Å². The molecule has 1 unspecified atom stereocenters. The quantitative estimate of drug-likeness (QED) is 0.686. The summed E-state index contributed by atoms with van der Waals surface area (Å²) in [6, 6.07) is 14.7. The van der Waals surface area contributed by atoms with E-state index in [0.717, 1.165) is 30.8 Å². The fraction of sp³-hybridized carbons (Fsp3) is 0.429. The third kappa shape index (κ3) is 6.09. The Kier molecular flexibility index (Phi) is 7.05. The second kappa shape index (κ2) is 9.34. The van der Waals surface area contributed by atoms with Crippen molar-refractivity contribution in [1.82, 2.24) is 4.90 Å². The molecule has 0 spiro atoms. The largest absolute Gasteiger partial charge is 0.491 e. The summed E-state index contributed by atoms with van der Waals surface area (Å²) < 4.78 is 30.0. The van der Waals surface area contributed by atoms with Crippen LogP contribution in [0.5, 0.6) is 5.75 Å². The molecule has 6 nitrogen and oxygen atoms in total. The first-order chi connectivity index (χ1) is 13.7. The van der Waals surface area contributed by atoms with Crippen LogP contribution in [-0.4, -0.2) is 64.1 Å². The molecular weight excluding hydrogens is 412 g/mol. The van der Waals surface area contributed by atoms with Crippen LogP contribution in [0.1, 0.15) is 17.9 Å². The minimum absolute atomic E-state index is 0.180. The molecule has 0 amide bonds. The predicted molar refractivity (Wildman–Crippen MR) is 116 cm³/mol. The lowest BCUT2D eigenvalue weighted by atomic mass is 9.99. The van der Waals surface area contributed by atoms with Gasteiger partial charge in [0.25, 0.3) is 0 Å². The number of aliphatic hydroxyl groups excluding tert-OH is 1. The highest BCUT2D eigenvalue weighted by Crippen LogP contribution is 2.28. The van der Waals surface area contributed by atoms with Crippen molar-refractivity contribution >= 4 is 27.3 Å². The van der Waals surface area contributed by atoms with E-state index in [0.29, 0.717) is 23.9 Å². The summed E-state index contributed by atoms with van der Waals surface area (Å²) in [5, 5.41) is 11.1. The van der Waals surface area contributed by atoms with E-state index in [2.05, 4.69) is 11.0 Å². The van der Waals surface area contributed by atoms with Gasteiger partial charge in [-0.05, 0) is 60.8 Å². The van der Waals surface area contributed by atoms with E-state index in [1.807, 2.05) is 18.2 Å². The number of hydrogen-bond acceptors (Lipinski definition) is 5. The molecule has 0 aromatic heterocycles. The summed E-state index contributed by atoms with van der Waals surface area (Å²) in [5.74, 6) is 1.02. The zero-order valence-corrected chi connectivity index (χ0v) is 18.2. The van der Waals surface area contributed by atoms with Crippen LogP contribution in [0.4, 0.5) is 5.69 Å². The van der Waals surface area contributed by atoms with Gasteiger partial charge in [0, 0.05) is 25.2 Å². The summed E-state index contributed by atoms with van der Waals surface area (Å²) in [6.07, 6.45) is 1.60. The van der Waals surface area contributed by atoms with Gasteiger partial charge in [-0.3, -0.25) is 4.31 Å². The van der Waals surface area contributed by atoms with Gasteiger partial charge in [-0.25, -0.2) is 8.42 Å². The molecule has 2 aromatic rings. The molecule has 1 heterocycles. The fourth-order valence-corrected chi connectivity index (χ4v) is 4.22. The number of nitrogens with zero attached hydrogens (tertiary/aromatic N) is 2. The Morgan fingerprint density at radius 2 is 2.00 bits per heavy atom. The van der Waals surface area contributed by atoms with Crippen LogP contribution in [0.25, 0.3) is 0 Å². The Morgan fingerprint density at radius 1 is 1.28 bits per heavy atom. The summed E-state index contributed by atoms with van der Waals surface area (Å²) in [4.78, 5) is 2.24. The Bertz CT molecular complexity index is 921. The highest BCUT2D eigenvalue weighted by atomic mass is 35.5. The number of likely N-dealkylation sites (tertiary alicyclic amines) is 1. The van der Waals surface area contributed by atoms with Crippen LogP contribution >= 0.6 is 11.6 Å².